The van der Waals surface area contributed by atoms with Gasteiger partial charge in [0.05, 0.1) is 0 Å². The molecule has 0 fully saturated rings. The maximum absolute atomic E-state index is 5.91. The standard InChI is InChI=1S/C9H6BrClN2O/c1-5-2-6(4-7(11)3-5)8-12-13-9(10)14-8/h2-4H,1H3. The van der Waals surface area contributed by atoms with E-state index in [4.69, 9.17) is 16.0 Å². The van der Waals surface area contributed by atoms with E-state index in [1.54, 1.807) is 6.07 Å². The number of rotatable bonds is 1. The highest BCUT2D eigenvalue weighted by Crippen LogP contribution is 2.24. The van der Waals surface area contributed by atoms with Crippen LogP contribution < -0.4 is 0 Å². The molecule has 72 valence electrons. The molecule has 14 heavy (non-hydrogen) atoms. The van der Waals surface area contributed by atoms with E-state index in [2.05, 4.69) is 26.1 Å². The number of benzene rings is 1. The first kappa shape index (κ1) is 9.68. The maximum atomic E-state index is 5.91. The van der Waals surface area contributed by atoms with Gasteiger partial charge in [-0.3, -0.25) is 0 Å². The van der Waals surface area contributed by atoms with Crippen molar-refractivity contribution >= 4 is 27.5 Å². The Morgan fingerprint density at radius 1 is 1.29 bits per heavy atom. The Morgan fingerprint density at radius 3 is 2.64 bits per heavy atom. The first-order valence-electron chi connectivity index (χ1n) is 3.92. The van der Waals surface area contributed by atoms with E-state index in [1.807, 2.05) is 19.1 Å². The summed E-state index contributed by atoms with van der Waals surface area (Å²) >= 11 is 9.00. The molecule has 0 saturated carbocycles. The van der Waals surface area contributed by atoms with Crippen LogP contribution in [-0.2, 0) is 0 Å². The normalized spacial score (nSPS) is 10.5. The molecule has 0 aliphatic rings. The molecule has 0 aliphatic carbocycles. The van der Waals surface area contributed by atoms with E-state index in [9.17, 15) is 0 Å². The molecule has 0 spiro atoms. The average molecular weight is 274 g/mol. The van der Waals surface area contributed by atoms with Gasteiger partial charge in [-0.2, -0.15) is 0 Å². The third kappa shape index (κ3) is 1.96. The van der Waals surface area contributed by atoms with Crippen molar-refractivity contribution in [2.75, 3.05) is 0 Å². The molecular formula is C9H6BrClN2O. The molecular weight excluding hydrogens is 267 g/mol. The van der Waals surface area contributed by atoms with Crippen LogP contribution in [0, 0.1) is 6.92 Å². The molecule has 3 nitrogen and oxygen atoms in total. The Labute approximate surface area is 94.2 Å². The van der Waals surface area contributed by atoms with E-state index >= 15 is 0 Å². The number of hydrogen-bond donors (Lipinski definition) is 0. The van der Waals surface area contributed by atoms with Crippen molar-refractivity contribution in [3.05, 3.63) is 33.6 Å². The van der Waals surface area contributed by atoms with Crippen molar-refractivity contribution < 1.29 is 4.42 Å². The lowest BCUT2D eigenvalue weighted by atomic mass is 10.1. The van der Waals surface area contributed by atoms with Crippen LogP contribution in [0.2, 0.25) is 5.02 Å². The second-order valence-corrected chi connectivity index (χ2v) is 3.99. The van der Waals surface area contributed by atoms with Gasteiger partial charge in [0.25, 0.3) is 4.80 Å². The molecule has 0 amide bonds. The van der Waals surface area contributed by atoms with Gasteiger partial charge in [0.1, 0.15) is 0 Å². The summed E-state index contributed by atoms with van der Waals surface area (Å²) in [5.41, 5.74) is 1.88. The summed E-state index contributed by atoms with van der Waals surface area (Å²) in [6, 6.07) is 5.59. The Hall–Kier alpha value is -0.870. The summed E-state index contributed by atoms with van der Waals surface area (Å²) in [6.07, 6.45) is 0. The number of halogens is 2. The zero-order valence-corrected chi connectivity index (χ0v) is 9.63. The highest BCUT2D eigenvalue weighted by atomic mass is 79.9. The predicted octanol–water partition coefficient (Wildman–Crippen LogP) is 3.46. The van der Waals surface area contributed by atoms with Crippen molar-refractivity contribution in [3.63, 3.8) is 0 Å². The van der Waals surface area contributed by atoms with Crippen LogP contribution in [0.3, 0.4) is 0 Å². The summed E-state index contributed by atoms with van der Waals surface area (Å²) in [6.45, 7) is 1.96. The fourth-order valence-corrected chi connectivity index (χ4v) is 1.70. The first-order valence-corrected chi connectivity index (χ1v) is 5.09. The van der Waals surface area contributed by atoms with Crippen molar-refractivity contribution in [2.24, 2.45) is 0 Å². The van der Waals surface area contributed by atoms with Gasteiger partial charge in [-0.25, -0.2) is 0 Å². The summed E-state index contributed by atoms with van der Waals surface area (Å²) < 4.78 is 5.22. The number of aromatic nitrogens is 2. The molecule has 1 heterocycles. The Morgan fingerprint density at radius 2 is 2.07 bits per heavy atom. The molecule has 0 saturated heterocycles. The molecule has 5 heteroatoms. The van der Waals surface area contributed by atoms with Gasteiger partial charge in [-0.05, 0) is 30.7 Å². The van der Waals surface area contributed by atoms with Crippen LogP contribution in [0.25, 0.3) is 11.5 Å². The first-order chi connectivity index (χ1) is 6.65. The molecule has 0 bridgehead atoms. The van der Waals surface area contributed by atoms with Crippen LogP contribution in [0.15, 0.2) is 27.4 Å². The Kier molecular flexibility index (Phi) is 2.56. The minimum absolute atomic E-state index is 0.366. The third-order valence-electron chi connectivity index (χ3n) is 1.69. The molecule has 0 aliphatic heterocycles. The molecule has 2 rings (SSSR count). The van der Waals surface area contributed by atoms with E-state index < -0.39 is 0 Å². The third-order valence-corrected chi connectivity index (χ3v) is 2.23. The smallest absolute Gasteiger partial charge is 0.285 e. The molecule has 1 aromatic carbocycles. The van der Waals surface area contributed by atoms with Crippen molar-refractivity contribution in [3.8, 4) is 11.5 Å². The average Bonchev–Trinajstić information content (AvgIpc) is 2.50. The lowest BCUT2D eigenvalue weighted by molar-refractivity contribution is 0.540. The van der Waals surface area contributed by atoms with Crippen molar-refractivity contribution in [2.45, 2.75) is 6.92 Å². The fraction of sp³-hybridized carbons (Fsp3) is 0.111. The highest BCUT2D eigenvalue weighted by molar-refractivity contribution is 9.10. The quantitative estimate of drug-likeness (QED) is 0.798. The molecule has 1 aromatic heterocycles. The van der Waals surface area contributed by atoms with Gasteiger partial charge in [0, 0.05) is 26.5 Å². The van der Waals surface area contributed by atoms with Crippen LogP contribution in [0.5, 0.6) is 0 Å². The van der Waals surface area contributed by atoms with Gasteiger partial charge in [0.2, 0.25) is 5.89 Å². The van der Waals surface area contributed by atoms with Crippen LogP contribution in [-0.4, -0.2) is 10.2 Å². The minimum Gasteiger partial charge on any atom is -0.411 e. The topological polar surface area (TPSA) is 38.9 Å². The molecule has 2 aromatic rings. The summed E-state index contributed by atoms with van der Waals surface area (Å²) in [5, 5.41) is 8.22. The zero-order chi connectivity index (χ0) is 10.1. The lowest BCUT2D eigenvalue weighted by Crippen LogP contribution is -1.80. The van der Waals surface area contributed by atoms with Crippen molar-refractivity contribution in [1.82, 2.24) is 10.2 Å². The summed E-state index contributed by atoms with van der Waals surface area (Å²) in [5.74, 6) is 0.461. The Balaban J connectivity index is 2.51. The summed E-state index contributed by atoms with van der Waals surface area (Å²) in [7, 11) is 0. The molecule has 0 unspecified atom stereocenters. The van der Waals surface area contributed by atoms with E-state index in [-0.39, 0.29) is 0 Å². The van der Waals surface area contributed by atoms with E-state index in [0.29, 0.717) is 15.7 Å². The fourth-order valence-electron chi connectivity index (χ4n) is 1.18. The molecule has 0 N–H and O–H groups in total. The highest BCUT2D eigenvalue weighted by Gasteiger charge is 2.07. The molecule has 0 radical (unpaired) electrons. The predicted molar refractivity (Wildman–Crippen MR) is 57.2 cm³/mol. The van der Waals surface area contributed by atoms with Gasteiger partial charge < -0.3 is 4.42 Å². The SMILES string of the molecule is Cc1cc(Cl)cc(-c2nnc(Br)o2)c1. The zero-order valence-electron chi connectivity index (χ0n) is 7.29. The van der Waals surface area contributed by atoms with Gasteiger partial charge in [-0.15, -0.1) is 10.2 Å². The van der Waals surface area contributed by atoms with Gasteiger partial charge in [-0.1, -0.05) is 11.6 Å². The minimum atomic E-state index is 0.366. The van der Waals surface area contributed by atoms with Crippen LogP contribution >= 0.6 is 27.5 Å². The lowest BCUT2D eigenvalue weighted by Gasteiger charge is -1.98. The monoisotopic (exact) mass is 272 g/mol. The van der Waals surface area contributed by atoms with Gasteiger partial charge >= 0.3 is 0 Å². The number of nitrogens with zero attached hydrogens (tertiary/aromatic N) is 2. The van der Waals surface area contributed by atoms with Crippen molar-refractivity contribution in [1.29, 1.82) is 0 Å². The van der Waals surface area contributed by atoms with Crippen LogP contribution in [0.4, 0.5) is 0 Å². The Bertz CT molecular complexity index is 449. The number of hydrogen-bond acceptors (Lipinski definition) is 3. The number of aryl methyl sites for hydroxylation is 1. The summed E-state index contributed by atoms with van der Waals surface area (Å²) in [4.78, 5) is 0.366. The molecule has 0 atom stereocenters. The second-order valence-electron chi connectivity index (χ2n) is 2.88. The van der Waals surface area contributed by atoms with Crippen LogP contribution in [0.1, 0.15) is 5.56 Å². The maximum Gasteiger partial charge on any atom is 0.285 e. The second kappa shape index (κ2) is 3.71. The van der Waals surface area contributed by atoms with E-state index in [1.165, 1.54) is 0 Å². The van der Waals surface area contributed by atoms with Gasteiger partial charge in [0.15, 0.2) is 0 Å². The van der Waals surface area contributed by atoms with E-state index in [0.717, 1.165) is 11.1 Å². The largest absolute Gasteiger partial charge is 0.411 e.